The van der Waals surface area contributed by atoms with Crippen molar-refractivity contribution in [3.8, 4) is 22.6 Å². The Balaban J connectivity index is 2.06. The molecule has 0 aliphatic heterocycles. The molecule has 0 aliphatic rings. The van der Waals surface area contributed by atoms with Crippen LogP contribution in [0.1, 0.15) is 41.0 Å². The summed E-state index contributed by atoms with van der Waals surface area (Å²) < 4.78 is 11.2. The third-order valence-corrected chi connectivity index (χ3v) is 3.70. The third kappa shape index (κ3) is 5.12. The Kier molecular flexibility index (Phi) is 5.66. The van der Waals surface area contributed by atoms with Crippen molar-refractivity contribution in [1.82, 2.24) is 0 Å². The summed E-state index contributed by atoms with van der Waals surface area (Å²) in [6.45, 7) is 9.93. The summed E-state index contributed by atoms with van der Waals surface area (Å²) in [5.74, 6) is 1.16. The van der Waals surface area contributed by atoms with E-state index in [0.717, 1.165) is 23.3 Å². The Morgan fingerprint density at radius 2 is 1.38 bits per heavy atom. The highest BCUT2D eigenvalue weighted by atomic mass is 16.5. The molecule has 0 aliphatic carbocycles. The minimum atomic E-state index is -0.206. The van der Waals surface area contributed by atoms with Gasteiger partial charge in [-0.2, -0.15) is 0 Å². The van der Waals surface area contributed by atoms with Gasteiger partial charge in [-0.25, -0.2) is 0 Å². The van der Waals surface area contributed by atoms with Gasteiger partial charge in [0.2, 0.25) is 0 Å². The maximum Gasteiger partial charge on any atom is 0.314 e. The minimum absolute atomic E-state index is 0.0833. The monoisotopic (exact) mass is 326 g/mol. The van der Waals surface area contributed by atoms with E-state index in [1.807, 2.05) is 83.1 Å². The maximum atomic E-state index is 11.8. The van der Waals surface area contributed by atoms with Crippen LogP contribution in [0.5, 0.6) is 11.5 Å². The molecular formula is C21H26O3. The Labute approximate surface area is 144 Å². The average Bonchev–Trinajstić information content (AvgIpc) is 2.54. The molecule has 3 heteroatoms. The van der Waals surface area contributed by atoms with E-state index in [1.165, 1.54) is 0 Å². The molecule has 0 bridgehead atoms. The second-order valence-corrected chi connectivity index (χ2v) is 6.99. The van der Waals surface area contributed by atoms with Crippen LogP contribution in [0.25, 0.3) is 11.1 Å². The molecule has 2 rings (SSSR count). The van der Waals surface area contributed by atoms with Crippen LogP contribution in [-0.4, -0.2) is 11.6 Å². The summed E-state index contributed by atoms with van der Waals surface area (Å²) in [6.07, 6.45) is 0.778. The van der Waals surface area contributed by atoms with Gasteiger partial charge in [0.1, 0.15) is 17.1 Å². The highest BCUT2D eigenvalue weighted by Crippen LogP contribution is 2.26. The van der Waals surface area contributed by atoms with Gasteiger partial charge in [-0.1, -0.05) is 38.1 Å². The van der Waals surface area contributed by atoms with E-state index in [4.69, 9.17) is 9.47 Å². The zero-order valence-electron chi connectivity index (χ0n) is 15.1. The van der Waals surface area contributed by atoms with Crippen LogP contribution >= 0.6 is 0 Å². The summed E-state index contributed by atoms with van der Waals surface area (Å²) >= 11 is 0. The van der Waals surface area contributed by atoms with Crippen LogP contribution < -0.4 is 9.47 Å². The van der Waals surface area contributed by atoms with Crippen molar-refractivity contribution in [3.05, 3.63) is 48.5 Å². The highest BCUT2D eigenvalue weighted by Gasteiger charge is 2.13. The second kappa shape index (κ2) is 7.52. The van der Waals surface area contributed by atoms with Crippen molar-refractivity contribution in [2.45, 2.75) is 46.6 Å². The lowest BCUT2D eigenvalue weighted by Gasteiger charge is -2.21. The molecule has 24 heavy (non-hydrogen) atoms. The largest absolute Gasteiger partial charge is 0.488 e. The lowest BCUT2D eigenvalue weighted by molar-refractivity contribution is -0.138. The fraction of sp³-hybridized carbons (Fsp3) is 0.381. The first-order chi connectivity index (χ1) is 11.3. The van der Waals surface area contributed by atoms with E-state index >= 15 is 0 Å². The fourth-order valence-corrected chi connectivity index (χ4v) is 2.17. The molecule has 0 saturated carbocycles. The molecule has 0 N–H and O–H groups in total. The SMILES string of the molecule is CCC(C)C(=O)Oc1ccc(-c2ccc(OC(C)(C)C)cc2)cc1. The number of esters is 1. The van der Waals surface area contributed by atoms with Gasteiger partial charge >= 0.3 is 5.97 Å². The second-order valence-electron chi connectivity index (χ2n) is 6.99. The van der Waals surface area contributed by atoms with Crippen molar-refractivity contribution in [1.29, 1.82) is 0 Å². The lowest BCUT2D eigenvalue weighted by atomic mass is 10.1. The summed E-state index contributed by atoms with van der Waals surface area (Å²) in [7, 11) is 0. The molecule has 0 amide bonds. The van der Waals surface area contributed by atoms with Crippen molar-refractivity contribution in [3.63, 3.8) is 0 Å². The zero-order chi connectivity index (χ0) is 17.7. The molecule has 2 aromatic rings. The Morgan fingerprint density at radius 3 is 1.79 bits per heavy atom. The van der Waals surface area contributed by atoms with E-state index < -0.39 is 0 Å². The number of hydrogen-bond donors (Lipinski definition) is 0. The van der Waals surface area contributed by atoms with Gasteiger partial charge in [0.15, 0.2) is 0 Å². The van der Waals surface area contributed by atoms with Crippen molar-refractivity contribution in [2.24, 2.45) is 5.92 Å². The first-order valence-electron chi connectivity index (χ1n) is 8.39. The molecule has 0 spiro atoms. The molecular weight excluding hydrogens is 300 g/mol. The topological polar surface area (TPSA) is 35.5 Å². The summed E-state index contributed by atoms with van der Waals surface area (Å²) in [4.78, 5) is 11.8. The number of rotatable bonds is 5. The minimum Gasteiger partial charge on any atom is -0.488 e. The molecule has 2 aromatic carbocycles. The Morgan fingerprint density at radius 1 is 0.917 bits per heavy atom. The van der Waals surface area contributed by atoms with E-state index in [-0.39, 0.29) is 17.5 Å². The van der Waals surface area contributed by atoms with Gasteiger partial charge in [0, 0.05) is 0 Å². The van der Waals surface area contributed by atoms with Crippen LogP contribution in [0.2, 0.25) is 0 Å². The van der Waals surface area contributed by atoms with Gasteiger partial charge in [0.25, 0.3) is 0 Å². The highest BCUT2D eigenvalue weighted by molar-refractivity contribution is 5.75. The van der Waals surface area contributed by atoms with E-state index in [2.05, 4.69) is 0 Å². The van der Waals surface area contributed by atoms with Crippen LogP contribution in [0.3, 0.4) is 0 Å². The molecule has 1 atom stereocenters. The number of hydrogen-bond acceptors (Lipinski definition) is 3. The average molecular weight is 326 g/mol. The molecule has 0 heterocycles. The number of benzene rings is 2. The zero-order valence-corrected chi connectivity index (χ0v) is 15.1. The van der Waals surface area contributed by atoms with E-state index in [0.29, 0.717) is 5.75 Å². The molecule has 0 radical (unpaired) electrons. The van der Waals surface area contributed by atoms with Crippen molar-refractivity contribution < 1.29 is 14.3 Å². The van der Waals surface area contributed by atoms with E-state index in [1.54, 1.807) is 0 Å². The lowest BCUT2D eigenvalue weighted by Crippen LogP contribution is -2.22. The summed E-state index contributed by atoms with van der Waals surface area (Å²) in [5, 5.41) is 0. The van der Waals surface area contributed by atoms with Crippen molar-refractivity contribution >= 4 is 5.97 Å². The summed E-state index contributed by atoms with van der Waals surface area (Å²) in [6, 6.07) is 15.6. The molecule has 0 aromatic heterocycles. The Hall–Kier alpha value is -2.29. The van der Waals surface area contributed by atoms with Gasteiger partial charge in [0.05, 0.1) is 5.92 Å². The van der Waals surface area contributed by atoms with Gasteiger partial charge in [-0.3, -0.25) is 4.79 Å². The third-order valence-electron chi connectivity index (χ3n) is 3.70. The summed E-state index contributed by atoms with van der Waals surface area (Å²) in [5.41, 5.74) is 1.96. The van der Waals surface area contributed by atoms with Gasteiger partial charge < -0.3 is 9.47 Å². The quantitative estimate of drug-likeness (QED) is 0.539. The predicted molar refractivity (Wildman–Crippen MR) is 97.3 cm³/mol. The van der Waals surface area contributed by atoms with E-state index in [9.17, 15) is 4.79 Å². The number of ether oxygens (including phenoxy) is 2. The number of carbonyl (C=O) groups excluding carboxylic acids is 1. The van der Waals surface area contributed by atoms with Crippen LogP contribution in [0, 0.1) is 5.92 Å². The first-order valence-corrected chi connectivity index (χ1v) is 8.39. The standard InChI is InChI=1S/C21H26O3/c1-6-15(2)20(22)23-18-11-7-16(8-12-18)17-9-13-19(14-10-17)24-21(3,4)5/h7-15H,6H2,1-5H3. The Bertz CT molecular complexity index is 664. The van der Waals surface area contributed by atoms with Gasteiger partial charge in [-0.15, -0.1) is 0 Å². The molecule has 1 unspecified atom stereocenters. The fourth-order valence-electron chi connectivity index (χ4n) is 2.17. The number of carbonyl (C=O) groups is 1. The maximum absolute atomic E-state index is 11.8. The normalized spacial score (nSPS) is 12.5. The predicted octanol–water partition coefficient (Wildman–Crippen LogP) is 5.48. The smallest absolute Gasteiger partial charge is 0.314 e. The molecule has 3 nitrogen and oxygen atoms in total. The first kappa shape index (κ1) is 18.1. The van der Waals surface area contributed by atoms with Crippen LogP contribution in [0.4, 0.5) is 0 Å². The van der Waals surface area contributed by atoms with Crippen LogP contribution in [-0.2, 0) is 4.79 Å². The van der Waals surface area contributed by atoms with Gasteiger partial charge in [-0.05, 0) is 62.6 Å². The van der Waals surface area contributed by atoms with Crippen molar-refractivity contribution in [2.75, 3.05) is 0 Å². The molecule has 128 valence electrons. The molecule has 0 fully saturated rings. The van der Waals surface area contributed by atoms with Crippen LogP contribution in [0.15, 0.2) is 48.5 Å². The molecule has 0 saturated heterocycles.